The number of allylic oxidation sites excluding steroid dienone is 2. The largest absolute Gasteiger partial charge is 0.355 e. The topological polar surface area (TPSA) is 19.0 Å². The lowest BCUT2D eigenvalue weighted by Gasteiger charge is -2.38. The molecule has 0 aliphatic carbocycles. The van der Waals surface area contributed by atoms with E-state index < -0.39 is 0 Å². The Hall–Kier alpha value is -1.80. The highest BCUT2D eigenvalue weighted by atomic mass is 15.1. The number of aromatic nitrogens is 1. The van der Waals surface area contributed by atoms with Gasteiger partial charge in [-0.2, -0.15) is 0 Å². The predicted octanol–water partition coefficient (Wildman–Crippen LogP) is 3.96. The van der Waals surface area contributed by atoms with Gasteiger partial charge in [0.05, 0.1) is 0 Å². The van der Waals surface area contributed by atoms with Crippen LogP contribution in [0, 0.1) is 5.92 Å². The Morgan fingerprint density at radius 2 is 2.15 bits per heavy atom. The van der Waals surface area contributed by atoms with Crippen molar-refractivity contribution < 1.29 is 0 Å². The van der Waals surface area contributed by atoms with Gasteiger partial charge < -0.3 is 4.98 Å². The van der Waals surface area contributed by atoms with Crippen molar-refractivity contribution in [3.8, 4) is 0 Å². The van der Waals surface area contributed by atoms with Crippen LogP contribution in [0.3, 0.4) is 0 Å². The number of hydrogen-bond donors (Lipinski definition) is 1. The lowest BCUT2D eigenvalue weighted by molar-refractivity contribution is 0.238. The number of fused-ring (bicyclic) bond motifs is 3. The third-order valence-corrected chi connectivity index (χ3v) is 4.90. The van der Waals surface area contributed by atoms with E-state index in [1.165, 1.54) is 46.3 Å². The molecule has 0 spiro atoms. The minimum absolute atomic E-state index is 0.517. The second-order valence-corrected chi connectivity index (χ2v) is 5.96. The average Bonchev–Trinajstić information content (AvgIpc) is 2.83. The average molecular weight is 264 g/mol. The van der Waals surface area contributed by atoms with E-state index in [1.54, 1.807) is 0 Å². The first kappa shape index (κ1) is 12.0. The first-order valence-corrected chi connectivity index (χ1v) is 7.44. The van der Waals surface area contributed by atoms with Gasteiger partial charge in [0, 0.05) is 35.6 Å². The van der Waals surface area contributed by atoms with Crippen LogP contribution in [0.5, 0.6) is 0 Å². The molecule has 1 saturated heterocycles. The van der Waals surface area contributed by atoms with Gasteiger partial charge >= 0.3 is 0 Å². The molecule has 2 atom stereocenters. The summed E-state index contributed by atoms with van der Waals surface area (Å²) in [5.74, 6) is 0.517. The van der Waals surface area contributed by atoms with Crippen molar-refractivity contribution in [2.24, 2.45) is 5.92 Å². The summed E-state index contributed by atoms with van der Waals surface area (Å²) in [7, 11) is 0. The van der Waals surface area contributed by atoms with Gasteiger partial charge in [-0.25, -0.2) is 0 Å². The summed E-state index contributed by atoms with van der Waals surface area (Å²) in [6.45, 7) is 9.90. The predicted molar refractivity (Wildman–Crippen MR) is 84.5 cm³/mol. The molecule has 5 rings (SSSR count). The quantitative estimate of drug-likeness (QED) is 0.713. The van der Waals surface area contributed by atoms with Crippen LogP contribution in [0.2, 0.25) is 0 Å². The number of hydrogen-bond acceptors (Lipinski definition) is 1. The van der Waals surface area contributed by atoms with E-state index in [0.717, 1.165) is 13.1 Å². The molecule has 1 aromatic heterocycles. The third-order valence-electron chi connectivity index (χ3n) is 4.90. The van der Waals surface area contributed by atoms with E-state index in [2.05, 4.69) is 53.7 Å². The molecular formula is C18H20N2. The van der Waals surface area contributed by atoms with Gasteiger partial charge in [-0.1, -0.05) is 36.4 Å². The highest BCUT2D eigenvalue weighted by molar-refractivity contribution is 5.89. The summed E-state index contributed by atoms with van der Waals surface area (Å²) in [5, 5.41) is 1.36. The van der Waals surface area contributed by atoms with Gasteiger partial charge in [-0.3, -0.25) is 4.90 Å². The van der Waals surface area contributed by atoms with E-state index >= 15 is 0 Å². The number of aromatic amines is 1. The van der Waals surface area contributed by atoms with E-state index in [4.69, 9.17) is 0 Å². The molecule has 1 unspecified atom stereocenters. The molecule has 0 saturated carbocycles. The molecule has 1 N–H and O–H groups in total. The highest BCUT2D eigenvalue weighted by Crippen LogP contribution is 2.40. The molecule has 1 aromatic carbocycles. The highest BCUT2D eigenvalue weighted by Gasteiger charge is 2.31. The van der Waals surface area contributed by atoms with Crippen LogP contribution in [0.1, 0.15) is 24.6 Å². The maximum Gasteiger partial charge on any atom is 0.0469 e. The Bertz CT molecular complexity index is 720. The molecule has 4 heterocycles. The van der Waals surface area contributed by atoms with Crippen molar-refractivity contribution >= 4 is 16.5 Å². The van der Waals surface area contributed by atoms with Crippen LogP contribution in [-0.2, 0) is 6.54 Å². The molecule has 2 nitrogen and oxygen atoms in total. The molecule has 3 aliphatic rings. The lowest BCUT2D eigenvalue weighted by Crippen LogP contribution is -2.37. The molecular weight excluding hydrogens is 244 g/mol. The van der Waals surface area contributed by atoms with E-state index in [1.807, 2.05) is 0 Å². The molecule has 20 heavy (non-hydrogen) atoms. The molecule has 1 fully saturated rings. The van der Waals surface area contributed by atoms with Crippen LogP contribution in [-0.4, -0.2) is 23.0 Å². The summed E-state index contributed by atoms with van der Waals surface area (Å²) in [6, 6.07) is 8.62. The second kappa shape index (κ2) is 4.35. The molecule has 102 valence electrons. The summed E-state index contributed by atoms with van der Waals surface area (Å²) >= 11 is 0. The smallest absolute Gasteiger partial charge is 0.0469 e. The van der Waals surface area contributed by atoms with Crippen LogP contribution < -0.4 is 0 Å². The second-order valence-electron chi connectivity index (χ2n) is 5.96. The maximum absolute atomic E-state index is 4.44. The Balaban J connectivity index is 1.95. The van der Waals surface area contributed by atoms with Crippen LogP contribution in [0.25, 0.3) is 16.5 Å². The van der Waals surface area contributed by atoms with Crippen molar-refractivity contribution in [1.82, 2.24) is 9.88 Å². The first-order chi connectivity index (χ1) is 9.78. The summed E-state index contributed by atoms with van der Waals surface area (Å²) in [6.07, 6.45) is 3.49. The van der Waals surface area contributed by atoms with Gasteiger partial charge in [0.2, 0.25) is 0 Å². The standard InChI is InChI=1S/C18H20N2/c1-3-13-10-20-9-8-14(13)12(2)18-16(11-20)15-6-4-5-7-17(15)19-18/h3-7,14,19H,2,8-11H2,1H3/t14-/m0/s1. The fourth-order valence-electron chi connectivity index (χ4n) is 3.81. The van der Waals surface area contributed by atoms with E-state index in [0.29, 0.717) is 5.92 Å². The zero-order chi connectivity index (χ0) is 13.7. The monoisotopic (exact) mass is 264 g/mol. The number of nitrogens with zero attached hydrogens (tertiary/aromatic N) is 1. The van der Waals surface area contributed by atoms with Gasteiger partial charge in [-0.15, -0.1) is 0 Å². The number of H-pyrrole nitrogens is 1. The number of benzene rings is 1. The SMILES string of the molecule is C=C1c2[nH]c3ccccc3c2CN2CC[C@@H]1C(=CC)C2. The number of rotatable bonds is 0. The van der Waals surface area contributed by atoms with Crippen molar-refractivity contribution in [1.29, 1.82) is 0 Å². The van der Waals surface area contributed by atoms with Crippen molar-refractivity contribution in [2.75, 3.05) is 13.1 Å². The molecule has 2 aromatic rings. The Morgan fingerprint density at radius 1 is 1.30 bits per heavy atom. The number of para-hydroxylation sites is 1. The van der Waals surface area contributed by atoms with Crippen LogP contribution in [0.4, 0.5) is 0 Å². The Kier molecular flexibility index (Phi) is 2.61. The summed E-state index contributed by atoms with van der Waals surface area (Å²) < 4.78 is 0. The van der Waals surface area contributed by atoms with Crippen molar-refractivity contribution in [3.05, 3.63) is 53.8 Å². The van der Waals surface area contributed by atoms with Crippen LogP contribution in [0.15, 0.2) is 42.5 Å². The van der Waals surface area contributed by atoms with Gasteiger partial charge in [0.25, 0.3) is 0 Å². The fourth-order valence-corrected chi connectivity index (χ4v) is 3.81. The Morgan fingerprint density at radius 3 is 3.00 bits per heavy atom. The van der Waals surface area contributed by atoms with Crippen LogP contribution >= 0.6 is 0 Å². The molecule has 2 heteroatoms. The Labute approximate surface area is 119 Å². The summed E-state index contributed by atoms with van der Waals surface area (Å²) in [4.78, 5) is 6.18. The third kappa shape index (κ3) is 1.61. The molecule has 2 bridgehead atoms. The zero-order valence-electron chi connectivity index (χ0n) is 11.9. The zero-order valence-corrected chi connectivity index (χ0v) is 11.9. The molecule has 3 aliphatic heterocycles. The normalized spacial score (nSPS) is 27.6. The van der Waals surface area contributed by atoms with Crippen molar-refractivity contribution in [3.63, 3.8) is 0 Å². The minimum Gasteiger partial charge on any atom is -0.355 e. The first-order valence-electron chi connectivity index (χ1n) is 7.44. The number of piperidine rings is 1. The van der Waals surface area contributed by atoms with E-state index in [-0.39, 0.29) is 0 Å². The van der Waals surface area contributed by atoms with Crippen molar-refractivity contribution in [2.45, 2.75) is 19.9 Å². The minimum atomic E-state index is 0.517. The number of nitrogens with one attached hydrogen (secondary N) is 1. The maximum atomic E-state index is 4.44. The fraction of sp³-hybridized carbons (Fsp3) is 0.333. The lowest BCUT2D eigenvalue weighted by atomic mass is 9.81. The van der Waals surface area contributed by atoms with Gasteiger partial charge in [0.15, 0.2) is 0 Å². The molecule has 0 radical (unpaired) electrons. The van der Waals surface area contributed by atoms with E-state index in [9.17, 15) is 0 Å². The summed E-state index contributed by atoms with van der Waals surface area (Å²) in [5.41, 5.74) is 6.77. The molecule has 0 amide bonds. The van der Waals surface area contributed by atoms with Gasteiger partial charge in [-0.05, 0) is 37.1 Å². The van der Waals surface area contributed by atoms with Gasteiger partial charge in [0.1, 0.15) is 0 Å².